The molecule has 2 aliphatic rings. The van der Waals surface area contributed by atoms with Gasteiger partial charge in [0.2, 0.25) is 0 Å². The van der Waals surface area contributed by atoms with E-state index < -0.39 is 0 Å². The van der Waals surface area contributed by atoms with Crippen LogP contribution in [-0.2, 0) is 13.0 Å². The molecule has 1 saturated heterocycles. The zero-order chi connectivity index (χ0) is 19.0. The first kappa shape index (κ1) is 17.6. The number of carbonyl (C=O) groups is 2. The fourth-order valence-corrected chi connectivity index (χ4v) is 4.03. The Labute approximate surface area is 160 Å². The number of rotatable bonds is 4. The van der Waals surface area contributed by atoms with E-state index in [0.717, 1.165) is 37.1 Å². The molecule has 2 aromatic carbocycles. The lowest BCUT2D eigenvalue weighted by Gasteiger charge is -2.40. The number of fused-ring (bicyclic) bond motifs is 2. The van der Waals surface area contributed by atoms with E-state index in [-0.39, 0.29) is 18.0 Å². The number of hydrogen-bond acceptors (Lipinski definition) is 3. The highest BCUT2D eigenvalue weighted by Crippen LogP contribution is 2.35. The lowest BCUT2D eigenvalue weighted by atomic mass is 10.0. The minimum Gasteiger partial charge on any atom is -0.354 e. The third-order valence-corrected chi connectivity index (χ3v) is 5.68. The molecule has 0 unspecified atom stereocenters. The van der Waals surface area contributed by atoms with Crippen LogP contribution in [0.3, 0.4) is 0 Å². The fourth-order valence-electron chi connectivity index (χ4n) is 4.03. The molecule has 0 saturated carbocycles. The monoisotopic (exact) mass is 363 g/mol. The molecule has 2 aliphatic heterocycles. The first-order valence-electron chi connectivity index (χ1n) is 9.62. The standard InChI is InChI=1S/C22H25N3O2/c1-3-15-6-8-16(9-7-15)14-23-21(26)17-10-11-18-19(13-17)24(2)20-5-4-12-25(20)22(18)27/h6-11,13,20H,3-5,12,14H2,1-2H3,(H,23,26)/t20-/m1/s1. The topological polar surface area (TPSA) is 52.7 Å². The lowest BCUT2D eigenvalue weighted by Crippen LogP contribution is -2.50. The number of anilines is 1. The van der Waals surface area contributed by atoms with Crippen molar-refractivity contribution in [3.63, 3.8) is 0 Å². The summed E-state index contributed by atoms with van der Waals surface area (Å²) in [6.07, 6.45) is 3.12. The Hall–Kier alpha value is -2.82. The molecule has 27 heavy (non-hydrogen) atoms. The number of carbonyl (C=O) groups excluding carboxylic acids is 2. The molecule has 0 aliphatic carbocycles. The molecule has 5 heteroatoms. The molecule has 0 radical (unpaired) electrons. The van der Waals surface area contributed by atoms with Gasteiger partial charge in [0.05, 0.1) is 11.3 Å². The van der Waals surface area contributed by atoms with Crippen molar-refractivity contribution < 1.29 is 9.59 Å². The van der Waals surface area contributed by atoms with Gasteiger partial charge in [0.1, 0.15) is 6.17 Å². The number of nitrogens with one attached hydrogen (secondary N) is 1. The highest BCUT2D eigenvalue weighted by molar-refractivity contribution is 6.04. The Bertz CT molecular complexity index is 876. The van der Waals surface area contributed by atoms with E-state index in [9.17, 15) is 9.59 Å². The molecule has 2 aromatic rings. The van der Waals surface area contributed by atoms with Crippen molar-refractivity contribution in [1.29, 1.82) is 0 Å². The van der Waals surface area contributed by atoms with E-state index in [1.807, 2.05) is 30.1 Å². The zero-order valence-corrected chi connectivity index (χ0v) is 15.9. The molecule has 1 N–H and O–H groups in total. The summed E-state index contributed by atoms with van der Waals surface area (Å²) in [5.41, 5.74) is 4.48. The predicted molar refractivity (Wildman–Crippen MR) is 106 cm³/mol. The van der Waals surface area contributed by atoms with Crippen molar-refractivity contribution in [3.8, 4) is 0 Å². The van der Waals surface area contributed by atoms with Crippen molar-refractivity contribution in [1.82, 2.24) is 10.2 Å². The van der Waals surface area contributed by atoms with Crippen LogP contribution in [-0.4, -0.2) is 36.5 Å². The van der Waals surface area contributed by atoms with Crippen LogP contribution in [0.1, 0.15) is 51.6 Å². The first-order chi connectivity index (χ1) is 13.1. The van der Waals surface area contributed by atoms with Crippen LogP contribution in [0.4, 0.5) is 5.69 Å². The summed E-state index contributed by atoms with van der Waals surface area (Å²) in [4.78, 5) is 29.4. The summed E-state index contributed by atoms with van der Waals surface area (Å²) in [7, 11) is 2.01. The Morgan fingerprint density at radius 3 is 2.63 bits per heavy atom. The normalized spacial score (nSPS) is 18.3. The molecule has 1 fully saturated rings. The number of amides is 2. The molecule has 1 atom stereocenters. The summed E-state index contributed by atoms with van der Waals surface area (Å²) >= 11 is 0. The Kier molecular flexibility index (Phi) is 4.60. The van der Waals surface area contributed by atoms with E-state index in [1.165, 1.54) is 5.56 Å². The average Bonchev–Trinajstić information content (AvgIpc) is 3.20. The Balaban J connectivity index is 1.50. The quantitative estimate of drug-likeness (QED) is 0.908. The molecule has 0 spiro atoms. The molecule has 140 valence electrons. The van der Waals surface area contributed by atoms with Gasteiger partial charge in [0, 0.05) is 25.7 Å². The van der Waals surface area contributed by atoms with Crippen molar-refractivity contribution in [2.24, 2.45) is 0 Å². The molecule has 0 aromatic heterocycles. The van der Waals surface area contributed by atoms with Gasteiger partial charge in [-0.15, -0.1) is 0 Å². The van der Waals surface area contributed by atoms with Gasteiger partial charge in [-0.25, -0.2) is 0 Å². The zero-order valence-electron chi connectivity index (χ0n) is 15.9. The molecule has 2 amide bonds. The van der Waals surface area contributed by atoms with E-state index in [0.29, 0.717) is 17.7 Å². The molecule has 5 nitrogen and oxygen atoms in total. The second-order valence-corrected chi connectivity index (χ2v) is 7.32. The van der Waals surface area contributed by atoms with Crippen molar-refractivity contribution in [3.05, 3.63) is 64.7 Å². The van der Waals surface area contributed by atoms with Crippen LogP contribution in [0.2, 0.25) is 0 Å². The maximum absolute atomic E-state index is 12.7. The van der Waals surface area contributed by atoms with E-state index in [1.54, 1.807) is 12.1 Å². The van der Waals surface area contributed by atoms with Gasteiger partial charge in [-0.1, -0.05) is 31.2 Å². The van der Waals surface area contributed by atoms with Gasteiger partial charge in [0.15, 0.2) is 0 Å². The number of nitrogens with zero attached hydrogens (tertiary/aromatic N) is 2. The summed E-state index contributed by atoms with van der Waals surface area (Å²) in [5, 5.41) is 2.98. The Morgan fingerprint density at radius 2 is 1.89 bits per heavy atom. The van der Waals surface area contributed by atoms with Gasteiger partial charge in [-0.2, -0.15) is 0 Å². The van der Waals surface area contributed by atoms with Crippen LogP contribution in [0.15, 0.2) is 42.5 Å². The number of hydrogen-bond donors (Lipinski definition) is 1. The summed E-state index contributed by atoms with van der Waals surface area (Å²) < 4.78 is 0. The van der Waals surface area contributed by atoms with Crippen molar-refractivity contribution >= 4 is 17.5 Å². The predicted octanol–water partition coefficient (Wildman–Crippen LogP) is 3.19. The Morgan fingerprint density at radius 1 is 1.15 bits per heavy atom. The maximum Gasteiger partial charge on any atom is 0.257 e. The first-order valence-corrected chi connectivity index (χ1v) is 9.62. The van der Waals surface area contributed by atoms with Crippen LogP contribution in [0, 0.1) is 0 Å². The summed E-state index contributed by atoms with van der Waals surface area (Å²) in [5.74, 6) is -0.0411. The number of benzene rings is 2. The van der Waals surface area contributed by atoms with Gasteiger partial charge in [0.25, 0.3) is 11.8 Å². The largest absolute Gasteiger partial charge is 0.354 e. The van der Waals surface area contributed by atoms with Crippen molar-refractivity contribution in [2.45, 2.75) is 38.9 Å². The summed E-state index contributed by atoms with van der Waals surface area (Å²) in [6, 6.07) is 13.7. The molecular weight excluding hydrogens is 338 g/mol. The highest BCUT2D eigenvalue weighted by Gasteiger charge is 2.38. The molecule has 4 rings (SSSR count). The lowest BCUT2D eigenvalue weighted by molar-refractivity contribution is 0.0719. The van der Waals surface area contributed by atoms with Crippen LogP contribution < -0.4 is 10.2 Å². The van der Waals surface area contributed by atoms with E-state index in [2.05, 4.69) is 29.3 Å². The van der Waals surface area contributed by atoms with Gasteiger partial charge < -0.3 is 15.1 Å². The van der Waals surface area contributed by atoms with E-state index in [4.69, 9.17) is 0 Å². The molecule has 0 bridgehead atoms. The van der Waals surface area contributed by atoms with E-state index >= 15 is 0 Å². The van der Waals surface area contributed by atoms with Gasteiger partial charge in [-0.3, -0.25) is 9.59 Å². The fraction of sp³-hybridized carbons (Fsp3) is 0.364. The second-order valence-electron chi connectivity index (χ2n) is 7.32. The van der Waals surface area contributed by atoms with Crippen LogP contribution in [0.25, 0.3) is 0 Å². The van der Waals surface area contributed by atoms with Crippen LogP contribution >= 0.6 is 0 Å². The third-order valence-electron chi connectivity index (χ3n) is 5.68. The van der Waals surface area contributed by atoms with Crippen LogP contribution in [0.5, 0.6) is 0 Å². The molecular formula is C22H25N3O2. The SMILES string of the molecule is CCc1ccc(CNC(=O)c2ccc3c(c2)N(C)[C@H]2CCCN2C3=O)cc1. The van der Waals surface area contributed by atoms with Gasteiger partial charge >= 0.3 is 0 Å². The minimum atomic E-state index is -0.118. The minimum absolute atomic E-state index is 0.0774. The highest BCUT2D eigenvalue weighted by atomic mass is 16.2. The average molecular weight is 363 g/mol. The smallest absolute Gasteiger partial charge is 0.257 e. The molecule has 2 heterocycles. The van der Waals surface area contributed by atoms with Crippen molar-refractivity contribution in [2.75, 3.05) is 18.5 Å². The number of aryl methyl sites for hydroxylation is 1. The summed E-state index contributed by atoms with van der Waals surface area (Å²) in [6.45, 7) is 3.43. The second kappa shape index (κ2) is 7.06. The van der Waals surface area contributed by atoms with Gasteiger partial charge in [-0.05, 0) is 48.6 Å². The maximum atomic E-state index is 12.7. The third kappa shape index (κ3) is 3.18.